The Morgan fingerprint density at radius 3 is 2.64 bits per heavy atom. The zero-order chi connectivity index (χ0) is 15.9. The number of aryl methyl sites for hydroxylation is 1. The van der Waals surface area contributed by atoms with Crippen molar-refractivity contribution >= 4 is 5.91 Å². The van der Waals surface area contributed by atoms with E-state index in [1.165, 1.54) is 0 Å². The average Bonchev–Trinajstić information content (AvgIpc) is 2.95. The van der Waals surface area contributed by atoms with Crippen LogP contribution in [-0.4, -0.2) is 31.4 Å². The molecule has 0 unspecified atom stereocenters. The molecule has 2 rings (SSSR count). The van der Waals surface area contributed by atoms with E-state index in [1.54, 1.807) is 20.1 Å². The van der Waals surface area contributed by atoms with Crippen LogP contribution in [0.3, 0.4) is 0 Å². The molecule has 1 aromatic heterocycles. The smallest absolute Gasteiger partial charge is 0.290 e. The maximum atomic E-state index is 12.2. The van der Waals surface area contributed by atoms with Gasteiger partial charge in [-0.25, -0.2) is 0 Å². The van der Waals surface area contributed by atoms with Gasteiger partial charge < -0.3 is 19.3 Å². The molecule has 0 fully saturated rings. The minimum atomic E-state index is -0.323. The topological polar surface area (TPSA) is 73.6 Å². The predicted molar refractivity (Wildman–Crippen MR) is 80.9 cm³/mol. The Labute approximate surface area is 129 Å². The minimum absolute atomic E-state index is 0.185. The van der Waals surface area contributed by atoms with Gasteiger partial charge in [-0.15, -0.1) is 0 Å². The summed E-state index contributed by atoms with van der Waals surface area (Å²) < 4.78 is 15.6. The fourth-order valence-corrected chi connectivity index (χ4v) is 2.05. The molecule has 6 nitrogen and oxygen atoms in total. The molecule has 1 heterocycles. The van der Waals surface area contributed by atoms with Crippen molar-refractivity contribution in [3.63, 3.8) is 0 Å². The molecule has 2 aromatic rings. The third-order valence-electron chi connectivity index (χ3n) is 3.08. The summed E-state index contributed by atoms with van der Waals surface area (Å²) >= 11 is 0. The lowest BCUT2D eigenvalue weighted by atomic mass is 10.1. The largest absolute Gasteiger partial charge is 0.494 e. The van der Waals surface area contributed by atoms with E-state index >= 15 is 0 Å². The molecule has 0 saturated carbocycles. The Kier molecular flexibility index (Phi) is 5.55. The van der Waals surface area contributed by atoms with E-state index in [9.17, 15) is 4.79 Å². The van der Waals surface area contributed by atoms with Crippen LogP contribution in [0.15, 0.2) is 34.9 Å². The molecule has 0 bridgehead atoms. The van der Waals surface area contributed by atoms with Crippen LogP contribution in [0.4, 0.5) is 0 Å². The van der Waals surface area contributed by atoms with Gasteiger partial charge in [-0.1, -0.05) is 17.3 Å². The third kappa shape index (κ3) is 4.08. The number of hydrogen-bond acceptors (Lipinski definition) is 5. The molecule has 0 aliphatic heterocycles. The first-order valence-electron chi connectivity index (χ1n) is 7.10. The fourth-order valence-electron chi connectivity index (χ4n) is 2.05. The molecule has 1 aromatic carbocycles. The highest BCUT2D eigenvalue weighted by molar-refractivity contribution is 5.91. The minimum Gasteiger partial charge on any atom is -0.494 e. The number of methoxy groups -OCH3 is 1. The second-order valence-corrected chi connectivity index (χ2v) is 4.82. The Morgan fingerprint density at radius 1 is 1.36 bits per heavy atom. The maximum absolute atomic E-state index is 12.2. The quantitative estimate of drug-likeness (QED) is 0.850. The molecule has 6 heteroatoms. The lowest BCUT2D eigenvalue weighted by Gasteiger charge is -2.18. The van der Waals surface area contributed by atoms with E-state index < -0.39 is 0 Å². The van der Waals surface area contributed by atoms with Gasteiger partial charge in [-0.05, 0) is 31.5 Å². The molecule has 0 spiro atoms. The number of hydrogen-bond donors (Lipinski definition) is 1. The van der Waals surface area contributed by atoms with Crippen molar-refractivity contribution in [2.24, 2.45) is 0 Å². The molecule has 0 saturated heterocycles. The zero-order valence-electron chi connectivity index (χ0n) is 13.0. The standard InChI is InChI=1S/C16H20N2O4/c1-4-21-13-7-5-12(6-8-13)14(10-20-3)17-16(19)15-9-11(2)18-22-15/h5-9,14H,4,10H2,1-3H3,(H,17,19)/t14-/m0/s1. The summed E-state index contributed by atoms with van der Waals surface area (Å²) in [5.41, 5.74) is 1.59. The average molecular weight is 304 g/mol. The Bertz CT molecular complexity index is 607. The number of nitrogens with one attached hydrogen (secondary N) is 1. The van der Waals surface area contributed by atoms with Gasteiger partial charge in [0, 0.05) is 13.2 Å². The molecule has 0 radical (unpaired) electrons. The third-order valence-corrected chi connectivity index (χ3v) is 3.08. The number of carbonyl (C=O) groups is 1. The van der Waals surface area contributed by atoms with Crippen LogP contribution in [0.1, 0.15) is 34.8 Å². The SMILES string of the molecule is CCOc1ccc([C@H](COC)NC(=O)c2cc(C)no2)cc1. The second kappa shape index (κ2) is 7.61. The zero-order valence-corrected chi connectivity index (χ0v) is 13.0. The van der Waals surface area contributed by atoms with Crippen molar-refractivity contribution in [3.8, 4) is 5.75 Å². The predicted octanol–water partition coefficient (Wildman–Crippen LogP) is 2.50. The number of carbonyl (C=O) groups excluding carboxylic acids is 1. The van der Waals surface area contributed by atoms with Crippen LogP contribution < -0.4 is 10.1 Å². The van der Waals surface area contributed by atoms with E-state index in [-0.39, 0.29) is 17.7 Å². The number of nitrogens with zero attached hydrogens (tertiary/aromatic N) is 1. The van der Waals surface area contributed by atoms with Gasteiger partial charge >= 0.3 is 0 Å². The monoisotopic (exact) mass is 304 g/mol. The molecule has 22 heavy (non-hydrogen) atoms. The van der Waals surface area contributed by atoms with Gasteiger partial charge in [0.1, 0.15) is 5.75 Å². The van der Waals surface area contributed by atoms with E-state index in [4.69, 9.17) is 14.0 Å². The van der Waals surface area contributed by atoms with E-state index in [2.05, 4.69) is 10.5 Å². The summed E-state index contributed by atoms with van der Waals surface area (Å²) in [5, 5.41) is 6.59. The number of rotatable bonds is 7. The molecular formula is C16H20N2O4. The van der Waals surface area contributed by atoms with Crippen LogP contribution in [0, 0.1) is 6.92 Å². The Morgan fingerprint density at radius 2 is 2.09 bits per heavy atom. The number of aromatic nitrogens is 1. The maximum Gasteiger partial charge on any atom is 0.290 e. The van der Waals surface area contributed by atoms with Gasteiger partial charge in [-0.3, -0.25) is 4.79 Å². The first-order chi connectivity index (χ1) is 10.6. The van der Waals surface area contributed by atoms with E-state index in [1.807, 2.05) is 31.2 Å². The molecular weight excluding hydrogens is 284 g/mol. The van der Waals surface area contributed by atoms with Crippen molar-refractivity contribution in [1.29, 1.82) is 0 Å². The summed E-state index contributed by atoms with van der Waals surface area (Å²) in [4.78, 5) is 12.2. The molecule has 0 aliphatic carbocycles. The number of amides is 1. The normalized spacial score (nSPS) is 12.0. The number of ether oxygens (including phenoxy) is 2. The van der Waals surface area contributed by atoms with Crippen LogP contribution in [0.5, 0.6) is 5.75 Å². The lowest BCUT2D eigenvalue weighted by Crippen LogP contribution is -2.31. The van der Waals surface area contributed by atoms with Crippen LogP contribution in [0.2, 0.25) is 0 Å². The lowest BCUT2D eigenvalue weighted by molar-refractivity contribution is 0.0860. The molecule has 1 atom stereocenters. The molecule has 0 aliphatic rings. The Hall–Kier alpha value is -2.34. The van der Waals surface area contributed by atoms with Gasteiger partial charge in [0.05, 0.1) is 24.9 Å². The van der Waals surface area contributed by atoms with Crippen molar-refractivity contribution < 1.29 is 18.8 Å². The fraction of sp³-hybridized carbons (Fsp3) is 0.375. The number of benzene rings is 1. The molecule has 118 valence electrons. The highest BCUT2D eigenvalue weighted by Crippen LogP contribution is 2.19. The van der Waals surface area contributed by atoms with E-state index in [0.29, 0.717) is 18.9 Å². The van der Waals surface area contributed by atoms with Gasteiger partial charge in [-0.2, -0.15) is 0 Å². The highest BCUT2D eigenvalue weighted by Gasteiger charge is 2.18. The highest BCUT2D eigenvalue weighted by atomic mass is 16.5. The van der Waals surface area contributed by atoms with Crippen molar-refractivity contribution in [3.05, 3.63) is 47.3 Å². The summed E-state index contributed by atoms with van der Waals surface area (Å²) in [5.74, 6) is 0.653. The summed E-state index contributed by atoms with van der Waals surface area (Å²) in [6.45, 7) is 4.66. The summed E-state index contributed by atoms with van der Waals surface area (Å²) in [6.07, 6.45) is 0. The molecule has 1 amide bonds. The van der Waals surface area contributed by atoms with Crippen LogP contribution in [0.25, 0.3) is 0 Å². The summed E-state index contributed by atoms with van der Waals surface area (Å²) in [6, 6.07) is 8.86. The van der Waals surface area contributed by atoms with Gasteiger partial charge in [0.15, 0.2) is 0 Å². The van der Waals surface area contributed by atoms with Crippen LogP contribution >= 0.6 is 0 Å². The van der Waals surface area contributed by atoms with Crippen LogP contribution in [-0.2, 0) is 4.74 Å². The summed E-state index contributed by atoms with van der Waals surface area (Å²) in [7, 11) is 1.59. The first kappa shape index (κ1) is 16.0. The van der Waals surface area contributed by atoms with Gasteiger partial charge in [0.25, 0.3) is 5.91 Å². The van der Waals surface area contributed by atoms with Crippen molar-refractivity contribution in [2.75, 3.05) is 20.3 Å². The first-order valence-corrected chi connectivity index (χ1v) is 7.10. The second-order valence-electron chi connectivity index (χ2n) is 4.82. The van der Waals surface area contributed by atoms with E-state index in [0.717, 1.165) is 11.3 Å². The van der Waals surface area contributed by atoms with Crippen molar-refractivity contribution in [2.45, 2.75) is 19.9 Å². The Balaban J connectivity index is 2.10. The van der Waals surface area contributed by atoms with Gasteiger partial charge in [0.2, 0.25) is 5.76 Å². The molecule has 1 N–H and O–H groups in total. The van der Waals surface area contributed by atoms with Crippen molar-refractivity contribution in [1.82, 2.24) is 10.5 Å².